The summed E-state index contributed by atoms with van der Waals surface area (Å²) < 4.78 is 1.66. The van der Waals surface area contributed by atoms with Gasteiger partial charge in [-0.3, -0.25) is 19.6 Å². The third-order valence-electron chi connectivity index (χ3n) is 7.77. The molecule has 174 valence electrons. The summed E-state index contributed by atoms with van der Waals surface area (Å²) in [6.07, 6.45) is 9.18. The van der Waals surface area contributed by atoms with Gasteiger partial charge in [-0.1, -0.05) is 40.0 Å². The number of carbonyl (C=O) groups excluding carboxylic acids is 1. The lowest BCUT2D eigenvalue weighted by Gasteiger charge is -2.36. The number of hydrogen-bond acceptors (Lipinski definition) is 4. The third kappa shape index (κ3) is 4.00. The van der Waals surface area contributed by atoms with Crippen LogP contribution < -0.4 is 5.56 Å². The van der Waals surface area contributed by atoms with Crippen LogP contribution in [0.5, 0.6) is 0 Å². The van der Waals surface area contributed by atoms with Crippen LogP contribution in [0.2, 0.25) is 0 Å². The number of nitrogens with zero attached hydrogens (tertiary/aromatic N) is 4. The van der Waals surface area contributed by atoms with Crippen molar-refractivity contribution in [3.8, 4) is 0 Å². The summed E-state index contributed by atoms with van der Waals surface area (Å²) in [4.78, 5) is 35.3. The van der Waals surface area contributed by atoms with E-state index in [0.29, 0.717) is 12.0 Å². The molecule has 5 rings (SSSR count). The molecule has 32 heavy (non-hydrogen) atoms. The fourth-order valence-corrected chi connectivity index (χ4v) is 5.86. The molecule has 0 unspecified atom stereocenters. The molecule has 3 aliphatic rings. The lowest BCUT2D eigenvalue weighted by atomic mass is 9.90. The Bertz CT molecular complexity index is 1050. The number of H-pyrrole nitrogens is 1. The molecule has 4 heterocycles. The van der Waals surface area contributed by atoms with Crippen molar-refractivity contribution >= 4 is 11.6 Å². The van der Waals surface area contributed by atoms with Crippen molar-refractivity contribution in [3.05, 3.63) is 33.4 Å². The predicted octanol–water partition coefficient (Wildman–Crippen LogP) is 3.47. The maximum absolute atomic E-state index is 13.4. The molecule has 2 fully saturated rings. The van der Waals surface area contributed by atoms with Crippen LogP contribution in [0.15, 0.2) is 10.9 Å². The second-order valence-electron chi connectivity index (χ2n) is 11.1. The Balaban J connectivity index is 1.34. The number of nitrogens with one attached hydrogen (secondary N) is 1. The summed E-state index contributed by atoms with van der Waals surface area (Å²) in [5, 5.41) is 3.37. The SMILES string of the molecule is CC(C)(C)C(=O)N1CCC(c2cc3nc4c(c(=O)n3[nH]2)CN(C2CCCCC2)CC4)CC1. The van der Waals surface area contributed by atoms with Crippen molar-refractivity contribution in [2.75, 3.05) is 19.6 Å². The lowest BCUT2D eigenvalue weighted by Crippen LogP contribution is -2.43. The first-order valence-electron chi connectivity index (χ1n) is 12.5. The van der Waals surface area contributed by atoms with Gasteiger partial charge in [-0.05, 0) is 25.7 Å². The first-order chi connectivity index (χ1) is 15.3. The minimum atomic E-state index is -0.338. The first kappa shape index (κ1) is 21.7. The van der Waals surface area contributed by atoms with E-state index in [0.717, 1.165) is 68.0 Å². The molecule has 1 saturated heterocycles. The third-order valence-corrected chi connectivity index (χ3v) is 7.77. The fourth-order valence-electron chi connectivity index (χ4n) is 5.86. The highest BCUT2D eigenvalue weighted by Crippen LogP contribution is 2.31. The van der Waals surface area contributed by atoms with Gasteiger partial charge in [0.05, 0.1) is 11.3 Å². The van der Waals surface area contributed by atoms with E-state index in [4.69, 9.17) is 4.98 Å². The fraction of sp³-hybridized carbons (Fsp3) is 0.720. The summed E-state index contributed by atoms with van der Waals surface area (Å²) in [5.41, 5.74) is 3.40. The van der Waals surface area contributed by atoms with E-state index >= 15 is 0 Å². The van der Waals surface area contributed by atoms with Gasteiger partial charge in [0, 0.05) is 61.7 Å². The first-order valence-corrected chi connectivity index (χ1v) is 12.5. The minimum absolute atomic E-state index is 0.0668. The monoisotopic (exact) mass is 439 g/mol. The number of rotatable bonds is 2. The number of aromatic amines is 1. The molecule has 1 saturated carbocycles. The zero-order valence-electron chi connectivity index (χ0n) is 19.8. The standard InChI is InChI=1S/C25H37N5O2/c1-25(2,3)24(32)28-12-9-17(10-13-28)21-15-22-26-20-11-14-29(18-7-5-4-6-8-18)16-19(20)23(31)30(22)27-21/h15,17-18,27H,4-14,16H2,1-3H3. The van der Waals surface area contributed by atoms with Gasteiger partial charge in [0.25, 0.3) is 5.56 Å². The van der Waals surface area contributed by atoms with Gasteiger partial charge in [-0.15, -0.1) is 0 Å². The van der Waals surface area contributed by atoms with Crippen LogP contribution in [-0.2, 0) is 17.8 Å². The molecule has 0 spiro atoms. The molecule has 1 N–H and O–H groups in total. The zero-order chi connectivity index (χ0) is 22.5. The predicted molar refractivity (Wildman–Crippen MR) is 125 cm³/mol. The maximum Gasteiger partial charge on any atom is 0.277 e. The molecule has 2 aromatic heterocycles. The number of hydrogen-bond donors (Lipinski definition) is 1. The van der Waals surface area contributed by atoms with Crippen LogP contribution in [0.4, 0.5) is 0 Å². The van der Waals surface area contributed by atoms with Crippen LogP contribution in [0.3, 0.4) is 0 Å². The Hall–Kier alpha value is -2.15. The van der Waals surface area contributed by atoms with Gasteiger partial charge < -0.3 is 4.90 Å². The molecule has 0 bridgehead atoms. The largest absolute Gasteiger partial charge is 0.342 e. The number of likely N-dealkylation sites (tertiary alicyclic amines) is 1. The van der Waals surface area contributed by atoms with E-state index in [2.05, 4.69) is 16.1 Å². The van der Waals surface area contributed by atoms with E-state index in [9.17, 15) is 9.59 Å². The summed E-state index contributed by atoms with van der Waals surface area (Å²) in [6.45, 7) is 9.22. The van der Waals surface area contributed by atoms with Gasteiger partial charge in [0.15, 0.2) is 5.65 Å². The highest BCUT2D eigenvalue weighted by molar-refractivity contribution is 5.81. The van der Waals surface area contributed by atoms with Gasteiger partial charge in [0.1, 0.15) is 0 Å². The molecule has 0 radical (unpaired) electrons. The molecule has 7 heteroatoms. The molecular formula is C25H37N5O2. The van der Waals surface area contributed by atoms with E-state index < -0.39 is 0 Å². The highest BCUT2D eigenvalue weighted by atomic mass is 16.2. The Morgan fingerprint density at radius 1 is 1.06 bits per heavy atom. The Labute approximate surface area is 190 Å². The van der Waals surface area contributed by atoms with Crippen LogP contribution in [0.1, 0.15) is 88.6 Å². The molecule has 2 aromatic rings. The minimum Gasteiger partial charge on any atom is -0.342 e. The van der Waals surface area contributed by atoms with Crippen molar-refractivity contribution in [2.24, 2.45) is 5.41 Å². The second-order valence-corrected chi connectivity index (χ2v) is 11.1. The van der Waals surface area contributed by atoms with Crippen molar-refractivity contribution in [1.29, 1.82) is 0 Å². The smallest absolute Gasteiger partial charge is 0.277 e. The average molecular weight is 440 g/mol. The number of piperidine rings is 1. The van der Waals surface area contributed by atoms with Crippen molar-refractivity contribution in [1.82, 2.24) is 24.4 Å². The molecule has 1 amide bonds. The molecule has 0 aromatic carbocycles. The summed E-state index contributed by atoms with van der Waals surface area (Å²) in [6, 6.07) is 2.68. The van der Waals surface area contributed by atoms with Crippen LogP contribution in [-0.4, -0.2) is 56.0 Å². The second kappa shape index (κ2) is 8.32. The van der Waals surface area contributed by atoms with Gasteiger partial charge >= 0.3 is 0 Å². The van der Waals surface area contributed by atoms with Crippen LogP contribution in [0.25, 0.3) is 5.65 Å². The Morgan fingerprint density at radius 3 is 2.47 bits per heavy atom. The van der Waals surface area contributed by atoms with Crippen LogP contribution >= 0.6 is 0 Å². The molecule has 2 aliphatic heterocycles. The van der Waals surface area contributed by atoms with E-state index in [1.54, 1.807) is 4.52 Å². The van der Waals surface area contributed by atoms with Crippen LogP contribution in [0, 0.1) is 5.41 Å². The van der Waals surface area contributed by atoms with E-state index in [-0.39, 0.29) is 16.9 Å². The quantitative estimate of drug-likeness (QED) is 0.778. The Kier molecular flexibility index (Phi) is 5.64. The summed E-state index contributed by atoms with van der Waals surface area (Å²) in [7, 11) is 0. The molecule has 0 atom stereocenters. The Morgan fingerprint density at radius 2 is 1.78 bits per heavy atom. The van der Waals surface area contributed by atoms with Crippen molar-refractivity contribution in [3.63, 3.8) is 0 Å². The van der Waals surface area contributed by atoms with Crippen molar-refractivity contribution < 1.29 is 4.79 Å². The van der Waals surface area contributed by atoms with E-state index in [1.807, 2.05) is 25.7 Å². The zero-order valence-corrected chi connectivity index (χ0v) is 19.8. The molecular weight excluding hydrogens is 402 g/mol. The van der Waals surface area contributed by atoms with E-state index in [1.165, 1.54) is 32.1 Å². The number of fused-ring (bicyclic) bond motifs is 2. The number of amides is 1. The highest BCUT2D eigenvalue weighted by Gasteiger charge is 2.32. The number of carbonyl (C=O) groups is 1. The van der Waals surface area contributed by atoms with Crippen molar-refractivity contribution in [2.45, 2.75) is 90.6 Å². The normalized spacial score (nSPS) is 21.8. The summed E-state index contributed by atoms with van der Waals surface area (Å²) in [5.74, 6) is 0.552. The maximum atomic E-state index is 13.4. The molecule has 7 nitrogen and oxygen atoms in total. The molecule has 1 aliphatic carbocycles. The topological polar surface area (TPSA) is 73.7 Å². The van der Waals surface area contributed by atoms with Gasteiger partial charge in [-0.25, -0.2) is 9.50 Å². The number of aromatic nitrogens is 3. The van der Waals surface area contributed by atoms with Gasteiger partial charge in [0.2, 0.25) is 5.91 Å². The summed E-state index contributed by atoms with van der Waals surface area (Å²) >= 11 is 0. The average Bonchev–Trinajstić information content (AvgIpc) is 3.23. The lowest BCUT2D eigenvalue weighted by molar-refractivity contribution is -0.140. The van der Waals surface area contributed by atoms with Gasteiger partial charge in [-0.2, -0.15) is 0 Å².